The minimum atomic E-state index is -5.60. The van der Waals surface area contributed by atoms with Crippen LogP contribution in [0.2, 0.25) is 0 Å². The molecule has 0 N–H and O–H groups in total. The van der Waals surface area contributed by atoms with E-state index in [1.165, 1.54) is 5.56 Å². The summed E-state index contributed by atoms with van der Waals surface area (Å²) in [5.74, 6) is -2.97. The number of nitrogens with zero attached hydrogens (tertiary/aromatic N) is 1. The first-order valence-corrected chi connectivity index (χ1v) is 17.8. The van der Waals surface area contributed by atoms with E-state index < -0.39 is 35.7 Å². The van der Waals surface area contributed by atoms with E-state index in [1.54, 1.807) is 0 Å². The number of rotatable bonds is 9. The summed E-state index contributed by atoms with van der Waals surface area (Å²) in [5, 5.41) is 0. The second kappa shape index (κ2) is 12.5. The Labute approximate surface area is 263 Å². The maximum atomic E-state index is 13.3. The summed E-state index contributed by atoms with van der Waals surface area (Å²) in [5.41, 5.74) is 1.99. The van der Waals surface area contributed by atoms with E-state index in [9.17, 15) is 35.8 Å². The first-order valence-electron chi connectivity index (χ1n) is 16.3. The van der Waals surface area contributed by atoms with Crippen molar-refractivity contribution in [1.82, 2.24) is 4.90 Å². The van der Waals surface area contributed by atoms with Gasteiger partial charge in [0, 0.05) is 40.6 Å². The Morgan fingerprint density at radius 3 is 2.49 bits per heavy atom. The summed E-state index contributed by atoms with van der Waals surface area (Å²) < 4.78 is 88.0. The molecular formula is C33H42F5NO5S. The Hall–Kier alpha value is -2.08. The number of ether oxygens (including phenoxy) is 2. The number of morpholine rings is 1. The molecule has 2 saturated heterocycles. The van der Waals surface area contributed by atoms with E-state index in [1.807, 2.05) is 17.0 Å². The molecule has 0 radical (unpaired) electrons. The monoisotopic (exact) mass is 659 g/mol. The van der Waals surface area contributed by atoms with E-state index in [4.69, 9.17) is 9.47 Å². The van der Waals surface area contributed by atoms with Crippen LogP contribution in [0.15, 0.2) is 18.2 Å². The van der Waals surface area contributed by atoms with Gasteiger partial charge in [-0.2, -0.15) is 22.0 Å². The number of benzene rings is 1. The Bertz CT molecular complexity index is 1310. The first kappa shape index (κ1) is 32.8. The van der Waals surface area contributed by atoms with Crippen molar-refractivity contribution in [2.24, 2.45) is 23.2 Å². The van der Waals surface area contributed by atoms with Crippen molar-refractivity contribution in [2.75, 3.05) is 24.7 Å². The van der Waals surface area contributed by atoms with Gasteiger partial charge < -0.3 is 9.47 Å². The third kappa shape index (κ3) is 6.31. The molecule has 0 aromatic heterocycles. The molecular weight excluding hydrogens is 617 g/mol. The highest BCUT2D eigenvalue weighted by Crippen LogP contribution is 2.61. The molecule has 5 aliphatic rings. The zero-order chi connectivity index (χ0) is 32.1. The largest absolute Gasteiger partial charge is 0.453 e. The fourth-order valence-electron chi connectivity index (χ4n) is 9.17. The van der Waals surface area contributed by atoms with E-state index in [-0.39, 0.29) is 58.8 Å². The lowest BCUT2D eigenvalue weighted by molar-refractivity contribution is -0.284. The number of hydrogen-bond donors (Lipinski definition) is 0. The smallest absolute Gasteiger partial charge is 0.410 e. The Morgan fingerprint density at radius 1 is 1.07 bits per heavy atom. The molecule has 2 heterocycles. The number of carbonyl (C=O) groups excluding carboxylic acids is 2. The lowest BCUT2D eigenvalue weighted by Crippen LogP contribution is -2.50. The second-order valence-corrected chi connectivity index (χ2v) is 15.7. The fourth-order valence-corrected chi connectivity index (χ4v) is 10.3. The van der Waals surface area contributed by atoms with E-state index in [2.05, 4.69) is 13.0 Å². The lowest BCUT2D eigenvalue weighted by atomic mass is 9.52. The minimum Gasteiger partial charge on any atom is -0.410 e. The minimum absolute atomic E-state index is 0.0383. The maximum absolute atomic E-state index is 13.3. The molecule has 2 bridgehead atoms. The predicted octanol–water partition coefficient (Wildman–Crippen LogP) is 7.21. The Morgan fingerprint density at radius 2 is 1.78 bits per heavy atom. The van der Waals surface area contributed by atoms with Crippen molar-refractivity contribution in [2.45, 2.75) is 108 Å². The maximum Gasteiger partial charge on any atom is 0.453 e. The summed E-state index contributed by atoms with van der Waals surface area (Å²) in [6, 6.07) is 5.99. The van der Waals surface area contributed by atoms with Gasteiger partial charge in [-0.05, 0) is 105 Å². The van der Waals surface area contributed by atoms with Gasteiger partial charge in [-0.15, -0.1) is 0 Å². The van der Waals surface area contributed by atoms with Gasteiger partial charge in [0.1, 0.15) is 11.5 Å². The normalized spacial score (nSPS) is 33.4. The van der Waals surface area contributed by atoms with Gasteiger partial charge >= 0.3 is 18.2 Å². The molecule has 1 aromatic rings. The molecule has 3 unspecified atom stereocenters. The van der Waals surface area contributed by atoms with E-state index >= 15 is 0 Å². The molecule has 8 atom stereocenters. The number of hydrogen-bond acceptors (Lipinski definition) is 5. The van der Waals surface area contributed by atoms with Gasteiger partial charge in [-0.25, -0.2) is 4.79 Å². The summed E-state index contributed by atoms with van der Waals surface area (Å²) in [6.07, 6.45) is -0.854. The second-order valence-electron chi connectivity index (χ2n) is 14.0. The fraction of sp³-hybridized carbons (Fsp3) is 0.758. The number of carbonyl (C=O) groups is 2. The van der Waals surface area contributed by atoms with Crippen molar-refractivity contribution in [3.05, 3.63) is 29.3 Å². The summed E-state index contributed by atoms with van der Waals surface area (Å²) in [6.45, 7) is 3.14. The van der Waals surface area contributed by atoms with E-state index in [0.717, 1.165) is 44.1 Å². The van der Waals surface area contributed by atoms with Crippen LogP contribution in [0.4, 0.5) is 26.7 Å². The van der Waals surface area contributed by atoms with Gasteiger partial charge in [0.05, 0.1) is 25.3 Å². The molecule has 0 spiro atoms. The topological polar surface area (TPSA) is 72.9 Å². The van der Waals surface area contributed by atoms with Crippen LogP contribution in [0, 0.1) is 23.2 Å². The third-order valence-electron chi connectivity index (χ3n) is 11.5. The Kier molecular flexibility index (Phi) is 9.13. The summed E-state index contributed by atoms with van der Waals surface area (Å²) >= 11 is 0. The van der Waals surface area contributed by atoms with Gasteiger partial charge in [0.2, 0.25) is 0 Å². The molecule has 45 heavy (non-hydrogen) atoms. The molecule has 1 aromatic carbocycles. The number of alkyl halides is 5. The van der Waals surface area contributed by atoms with Gasteiger partial charge in [-0.3, -0.25) is 13.9 Å². The molecule has 6 nitrogen and oxygen atoms in total. The van der Waals surface area contributed by atoms with Crippen LogP contribution < -0.4 is 4.74 Å². The van der Waals surface area contributed by atoms with Crippen LogP contribution in [0.25, 0.3) is 0 Å². The molecule has 250 valence electrons. The standard InChI is InChI=1S/C33H42F5NO5S/c1-31-13-11-26-25-8-7-24(44-30(41)39-22-5-6-23(39)19-43-18-22)17-21(25)16-20(29(26)27(31)9-10-28(31)40)4-2-14-45(42)15-3-12-32(34,35)33(36,37)38/h7-8,17,20,22-23,26-27,29H,2-6,9-16,18-19H2,1H3/t20-,22?,23?,26-,27+,29-,31+,45?/m1/s1. The number of halogens is 5. The first-order chi connectivity index (χ1) is 21.3. The van der Waals surface area contributed by atoms with Crippen LogP contribution in [0.3, 0.4) is 0 Å². The van der Waals surface area contributed by atoms with Crippen LogP contribution >= 0.6 is 0 Å². The SMILES string of the molecule is C[C@]12CC[C@@H]3c4ccc(OC(=O)N5C6CCC5COC6)cc4C[C@@H](CCCS(=O)CCCC(F)(F)C(F)(F)F)[C@H]3[C@@H]1CCC2=O. The van der Waals surface area contributed by atoms with Crippen molar-refractivity contribution in [3.8, 4) is 5.75 Å². The number of Topliss-reactive ketones (excluding diaryl/α,β-unsaturated/α-hetero) is 1. The molecule has 6 rings (SSSR count). The van der Waals surface area contributed by atoms with Crippen molar-refractivity contribution in [3.63, 3.8) is 0 Å². The van der Waals surface area contributed by atoms with Gasteiger partial charge in [0.25, 0.3) is 0 Å². The molecule has 3 aliphatic carbocycles. The molecule has 4 fully saturated rings. The number of fused-ring (bicyclic) bond motifs is 7. The Balaban J connectivity index is 1.14. The number of ketones is 1. The molecule has 2 saturated carbocycles. The average Bonchev–Trinajstić information content (AvgIpc) is 3.42. The van der Waals surface area contributed by atoms with Crippen LogP contribution in [-0.2, 0) is 26.8 Å². The van der Waals surface area contributed by atoms with Crippen molar-refractivity contribution < 1.29 is 45.2 Å². The highest BCUT2D eigenvalue weighted by atomic mass is 32.2. The van der Waals surface area contributed by atoms with Crippen LogP contribution in [0.5, 0.6) is 5.75 Å². The highest BCUT2D eigenvalue weighted by molar-refractivity contribution is 7.84. The quantitative estimate of drug-likeness (QED) is 0.262. The zero-order valence-corrected chi connectivity index (χ0v) is 26.4. The van der Waals surface area contributed by atoms with E-state index in [0.29, 0.717) is 44.0 Å². The zero-order valence-electron chi connectivity index (χ0n) is 25.6. The van der Waals surface area contributed by atoms with Gasteiger partial charge in [-0.1, -0.05) is 13.0 Å². The molecule has 1 amide bonds. The number of amides is 1. The van der Waals surface area contributed by atoms with Crippen LogP contribution in [0.1, 0.15) is 88.2 Å². The summed E-state index contributed by atoms with van der Waals surface area (Å²) in [4.78, 5) is 28.0. The van der Waals surface area contributed by atoms with Gasteiger partial charge in [0.15, 0.2) is 0 Å². The predicted molar refractivity (Wildman–Crippen MR) is 158 cm³/mol. The molecule has 2 aliphatic heterocycles. The average molecular weight is 660 g/mol. The third-order valence-corrected chi connectivity index (χ3v) is 13.0. The van der Waals surface area contributed by atoms with Crippen molar-refractivity contribution >= 4 is 22.7 Å². The van der Waals surface area contributed by atoms with Crippen LogP contribution in [-0.4, -0.2) is 69.9 Å². The van der Waals surface area contributed by atoms with Crippen molar-refractivity contribution in [1.29, 1.82) is 0 Å². The highest BCUT2D eigenvalue weighted by Gasteiger charge is 2.57. The molecule has 12 heteroatoms. The lowest BCUT2D eigenvalue weighted by Gasteiger charge is -2.51. The summed E-state index contributed by atoms with van der Waals surface area (Å²) in [7, 11) is -1.50.